The second-order valence-corrected chi connectivity index (χ2v) is 7.41. The fourth-order valence-electron chi connectivity index (χ4n) is 2.45. The van der Waals surface area contributed by atoms with Gasteiger partial charge in [-0.25, -0.2) is 0 Å². The second-order valence-electron chi connectivity index (χ2n) is 7.05. The number of aliphatic imine (C=N–C) groups is 2. The summed E-state index contributed by atoms with van der Waals surface area (Å²) >= 11 is 4.61. The van der Waals surface area contributed by atoms with E-state index in [0.29, 0.717) is 11.1 Å². The van der Waals surface area contributed by atoms with Crippen molar-refractivity contribution in [3.05, 3.63) is 58.7 Å². The van der Waals surface area contributed by atoms with Gasteiger partial charge < -0.3 is 10.6 Å². The van der Waals surface area contributed by atoms with Crippen molar-refractivity contribution in [1.82, 2.24) is 0 Å². The van der Waals surface area contributed by atoms with Crippen LogP contribution in [0.1, 0.15) is 22.3 Å². The summed E-state index contributed by atoms with van der Waals surface area (Å²) in [6.45, 7) is 6.97. The summed E-state index contributed by atoms with van der Waals surface area (Å²) in [6.07, 6.45) is -10.0. The molecule has 172 valence electrons. The van der Waals surface area contributed by atoms with Crippen molar-refractivity contribution < 1.29 is 26.3 Å². The summed E-state index contributed by atoms with van der Waals surface area (Å²) in [5.41, 5.74) is 3.26. The van der Waals surface area contributed by atoms with E-state index in [0.717, 1.165) is 11.1 Å². The van der Waals surface area contributed by atoms with Gasteiger partial charge >= 0.3 is 12.4 Å². The van der Waals surface area contributed by atoms with Gasteiger partial charge in [0.2, 0.25) is 16.8 Å². The molecule has 0 spiro atoms. The summed E-state index contributed by atoms with van der Waals surface area (Å²) in [5.74, 6) is -3.16. The normalized spacial score (nSPS) is 13.2. The van der Waals surface area contributed by atoms with E-state index in [-0.39, 0.29) is 11.4 Å². The molecule has 0 radical (unpaired) electrons. The van der Waals surface area contributed by atoms with Crippen molar-refractivity contribution >= 4 is 40.4 Å². The van der Waals surface area contributed by atoms with E-state index in [2.05, 4.69) is 32.8 Å². The molecule has 2 aromatic rings. The fourth-order valence-corrected chi connectivity index (χ4v) is 2.64. The Kier molecular flexibility index (Phi) is 7.66. The highest BCUT2D eigenvalue weighted by molar-refractivity contribution is 7.80. The van der Waals surface area contributed by atoms with Gasteiger partial charge in [0.05, 0.1) is 0 Å². The third-order valence-corrected chi connectivity index (χ3v) is 4.67. The van der Waals surface area contributed by atoms with Crippen LogP contribution in [0.2, 0.25) is 0 Å². The van der Waals surface area contributed by atoms with Crippen LogP contribution in [0.15, 0.2) is 46.4 Å². The fraction of sp³-hybridized carbons (Fsp3) is 0.286. The molecule has 0 fully saturated rings. The topological polar surface area (TPSA) is 48.8 Å². The van der Waals surface area contributed by atoms with Gasteiger partial charge in [-0.15, -0.1) is 0 Å². The number of hydrogen-bond donors (Lipinski definition) is 2. The van der Waals surface area contributed by atoms with Crippen molar-refractivity contribution in [2.24, 2.45) is 9.98 Å². The van der Waals surface area contributed by atoms with E-state index in [9.17, 15) is 26.3 Å². The number of nitrogens with zero attached hydrogens (tertiary/aromatic N) is 2. The largest absolute Gasteiger partial charge is 0.449 e. The molecule has 2 N–H and O–H groups in total. The van der Waals surface area contributed by atoms with Crippen molar-refractivity contribution in [2.45, 2.75) is 40.0 Å². The maximum Gasteiger partial charge on any atom is 0.449 e. The number of halogens is 6. The molecule has 2 rings (SSSR count). The lowest BCUT2D eigenvalue weighted by molar-refractivity contribution is -0.0591. The van der Waals surface area contributed by atoms with Crippen LogP contribution in [0.25, 0.3) is 0 Å². The lowest BCUT2D eigenvalue weighted by atomic mass is 10.1. The second kappa shape index (κ2) is 9.68. The van der Waals surface area contributed by atoms with E-state index < -0.39 is 29.1 Å². The molecule has 0 heterocycles. The van der Waals surface area contributed by atoms with Gasteiger partial charge in [0, 0.05) is 11.4 Å². The molecule has 2 aromatic carbocycles. The number of aryl methyl sites for hydroxylation is 4. The maximum atomic E-state index is 13.4. The first-order valence-corrected chi connectivity index (χ1v) is 9.62. The minimum Gasteiger partial charge on any atom is -0.336 e. The molecule has 0 aliphatic rings. The average Bonchev–Trinajstić information content (AvgIpc) is 2.65. The lowest BCUT2D eigenvalue weighted by Crippen LogP contribution is -2.33. The minimum atomic E-state index is -5.00. The molecule has 0 atom stereocenters. The summed E-state index contributed by atoms with van der Waals surface area (Å²) in [5, 5.41) is 2.98. The molecule has 0 unspecified atom stereocenters. The molecular weight excluding hydrogens is 454 g/mol. The van der Waals surface area contributed by atoms with Gasteiger partial charge in [-0.1, -0.05) is 12.1 Å². The molecule has 0 bridgehead atoms. The number of thiocarbonyl (C=S) groups is 1. The third-order valence-electron chi connectivity index (χ3n) is 4.49. The smallest absolute Gasteiger partial charge is 0.336 e. The SMILES string of the molecule is Cc1ccc(N/C(=N/C(=S)/N=C(/Nc2ccc(C)c(C)c2)C(F)(F)F)C(F)(F)F)cc1C. The lowest BCUT2D eigenvalue weighted by Gasteiger charge is -2.15. The molecule has 0 amide bonds. The zero-order chi connectivity index (χ0) is 24.3. The van der Waals surface area contributed by atoms with Crippen LogP contribution < -0.4 is 10.6 Å². The number of alkyl halides is 6. The highest BCUT2D eigenvalue weighted by Crippen LogP contribution is 2.24. The Balaban J connectivity index is 2.38. The van der Waals surface area contributed by atoms with Crippen LogP contribution in [0, 0.1) is 27.7 Å². The Morgan fingerprint density at radius 2 is 1.00 bits per heavy atom. The highest BCUT2D eigenvalue weighted by atomic mass is 32.1. The molecule has 11 heteroatoms. The van der Waals surface area contributed by atoms with Crippen molar-refractivity contribution in [2.75, 3.05) is 10.6 Å². The average molecular weight is 474 g/mol. The van der Waals surface area contributed by atoms with Crippen LogP contribution in [0.3, 0.4) is 0 Å². The number of nitrogens with one attached hydrogen (secondary N) is 2. The highest BCUT2D eigenvalue weighted by Gasteiger charge is 2.38. The standard InChI is InChI=1S/C21H20F6N4S/c1-11-5-7-15(9-13(11)3)28-17(20(22,23)24)30-19(32)31-18(21(25,26)27)29-16-8-6-12(2)14(4)10-16/h5-10H,1-4H3,(H2,28,29,30,31,32). The molecule has 4 nitrogen and oxygen atoms in total. The number of anilines is 2. The van der Waals surface area contributed by atoms with E-state index >= 15 is 0 Å². The van der Waals surface area contributed by atoms with Crippen LogP contribution in [-0.4, -0.2) is 29.1 Å². The number of amidine groups is 2. The first-order valence-electron chi connectivity index (χ1n) is 9.21. The van der Waals surface area contributed by atoms with E-state index in [4.69, 9.17) is 0 Å². The Morgan fingerprint density at radius 1 is 0.656 bits per heavy atom. The van der Waals surface area contributed by atoms with Gasteiger partial charge in [0.15, 0.2) is 0 Å². The first kappa shape index (κ1) is 25.3. The first-order chi connectivity index (χ1) is 14.7. The summed E-state index contributed by atoms with van der Waals surface area (Å²) in [4.78, 5) is 6.21. The van der Waals surface area contributed by atoms with Gasteiger partial charge in [0.25, 0.3) is 0 Å². The van der Waals surface area contributed by atoms with Crippen molar-refractivity contribution in [3.63, 3.8) is 0 Å². The Morgan fingerprint density at radius 3 is 1.28 bits per heavy atom. The summed E-state index contributed by atoms with van der Waals surface area (Å²) in [7, 11) is 0. The maximum absolute atomic E-state index is 13.4. The van der Waals surface area contributed by atoms with E-state index in [1.807, 2.05) is 0 Å². The van der Waals surface area contributed by atoms with E-state index in [1.165, 1.54) is 24.3 Å². The molecule has 0 saturated heterocycles. The number of hydrogen-bond acceptors (Lipinski definition) is 1. The summed E-state index contributed by atoms with van der Waals surface area (Å²) in [6, 6.07) is 8.86. The van der Waals surface area contributed by atoms with Crippen LogP contribution >= 0.6 is 12.2 Å². The van der Waals surface area contributed by atoms with Gasteiger partial charge in [-0.2, -0.15) is 36.3 Å². The van der Waals surface area contributed by atoms with Crippen molar-refractivity contribution in [3.8, 4) is 0 Å². The predicted octanol–water partition coefficient (Wildman–Crippen LogP) is 6.65. The molecule has 32 heavy (non-hydrogen) atoms. The Bertz CT molecular complexity index is 987. The van der Waals surface area contributed by atoms with Gasteiger partial charge in [0.1, 0.15) is 0 Å². The third kappa shape index (κ3) is 7.04. The summed E-state index contributed by atoms with van der Waals surface area (Å²) < 4.78 is 80.4. The molecule has 0 aromatic heterocycles. The molecular formula is C21H20F6N4S. The zero-order valence-corrected chi connectivity index (χ0v) is 18.4. The Labute approximate surface area is 186 Å². The van der Waals surface area contributed by atoms with Crippen LogP contribution in [0.4, 0.5) is 37.7 Å². The zero-order valence-electron chi connectivity index (χ0n) is 17.5. The molecule has 0 saturated carbocycles. The Hall–Kier alpha value is -2.95. The van der Waals surface area contributed by atoms with Crippen LogP contribution in [0.5, 0.6) is 0 Å². The minimum absolute atomic E-state index is 0.0558. The van der Waals surface area contributed by atoms with Crippen molar-refractivity contribution in [1.29, 1.82) is 0 Å². The van der Waals surface area contributed by atoms with Gasteiger partial charge in [-0.3, -0.25) is 0 Å². The molecule has 0 aliphatic heterocycles. The quantitative estimate of drug-likeness (QED) is 0.222. The van der Waals surface area contributed by atoms with Crippen LogP contribution in [-0.2, 0) is 0 Å². The molecule has 0 aliphatic carbocycles. The number of rotatable bonds is 2. The monoisotopic (exact) mass is 474 g/mol. The van der Waals surface area contributed by atoms with Gasteiger partial charge in [-0.05, 0) is 86.4 Å². The van der Waals surface area contributed by atoms with E-state index in [1.54, 1.807) is 39.8 Å². The predicted molar refractivity (Wildman–Crippen MR) is 119 cm³/mol. The number of benzene rings is 2.